The Morgan fingerprint density at radius 1 is 1.32 bits per heavy atom. The van der Waals surface area contributed by atoms with Crippen molar-refractivity contribution in [1.29, 1.82) is 0 Å². The third-order valence-corrected chi connectivity index (χ3v) is 2.75. The first kappa shape index (κ1) is 17.6. The second-order valence-corrected chi connectivity index (χ2v) is 4.49. The predicted molar refractivity (Wildman–Crippen MR) is 81.1 cm³/mol. The first-order valence-electron chi connectivity index (χ1n) is 6.92. The van der Waals surface area contributed by atoms with Crippen LogP contribution in [0.1, 0.15) is 33.1 Å². The van der Waals surface area contributed by atoms with Crippen molar-refractivity contribution in [3.05, 3.63) is 37.0 Å². The molecule has 0 aliphatic rings. The van der Waals surface area contributed by atoms with Gasteiger partial charge in [-0.05, 0) is 39.3 Å². The molecule has 0 saturated heterocycles. The summed E-state index contributed by atoms with van der Waals surface area (Å²) in [6, 6.07) is 0. The molecular formula is C16H27NO2. The van der Waals surface area contributed by atoms with Crippen LogP contribution in [-0.4, -0.2) is 37.1 Å². The van der Waals surface area contributed by atoms with Crippen molar-refractivity contribution in [2.75, 3.05) is 26.2 Å². The molecule has 19 heavy (non-hydrogen) atoms. The van der Waals surface area contributed by atoms with Gasteiger partial charge in [-0.15, -0.1) is 6.58 Å². The molecule has 0 unspecified atom stereocenters. The highest BCUT2D eigenvalue weighted by Crippen LogP contribution is 1.99. The van der Waals surface area contributed by atoms with E-state index in [1.165, 1.54) is 0 Å². The minimum absolute atomic E-state index is 0.302. The standard InChI is InChI=1S/C16H27NO2/c1-5-7-8-9-10-11-12-17(6-2)13-14-19-16(18)15(3)4/h5,8-9H,1,3,6-7,10-14H2,2,4H3. The number of hydrogen-bond acceptors (Lipinski definition) is 3. The Balaban J connectivity index is 3.68. The molecule has 108 valence electrons. The number of carbonyl (C=O) groups is 1. The van der Waals surface area contributed by atoms with E-state index in [4.69, 9.17) is 4.74 Å². The molecule has 0 rings (SSSR count). The molecule has 3 nitrogen and oxygen atoms in total. The van der Waals surface area contributed by atoms with Crippen LogP contribution in [0.4, 0.5) is 0 Å². The zero-order valence-electron chi connectivity index (χ0n) is 12.4. The van der Waals surface area contributed by atoms with E-state index in [1.807, 2.05) is 6.08 Å². The van der Waals surface area contributed by atoms with Gasteiger partial charge in [0.05, 0.1) is 0 Å². The number of carbonyl (C=O) groups excluding carboxylic acids is 1. The minimum atomic E-state index is -0.302. The van der Waals surface area contributed by atoms with Crippen LogP contribution in [0.3, 0.4) is 0 Å². The number of hydrogen-bond donors (Lipinski definition) is 0. The Kier molecular flexibility index (Phi) is 10.9. The van der Waals surface area contributed by atoms with Gasteiger partial charge < -0.3 is 9.64 Å². The summed E-state index contributed by atoms with van der Waals surface area (Å²) in [5.41, 5.74) is 0.454. The molecule has 0 bridgehead atoms. The number of allylic oxidation sites excluding steroid dienone is 3. The summed E-state index contributed by atoms with van der Waals surface area (Å²) in [4.78, 5) is 13.5. The van der Waals surface area contributed by atoms with Gasteiger partial charge in [-0.1, -0.05) is 31.7 Å². The lowest BCUT2D eigenvalue weighted by Gasteiger charge is -2.19. The molecule has 0 aromatic heterocycles. The van der Waals surface area contributed by atoms with Crippen molar-refractivity contribution in [1.82, 2.24) is 4.90 Å². The molecule has 0 aliphatic carbocycles. The van der Waals surface area contributed by atoms with E-state index in [1.54, 1.807) is 6.92 Å². The second-order valence-electron chi connectivity index (χ2n) is 4.49. The summed E-state index contributed by atoms with van der Waals surface area (Å²) in [5, 5.41) is 0. The predicted octanol–water partition coefficient (Wildman–Crippen LogP) is 3.34. The van der Waals surface area contributed by atoms with Crippen LogP contribution in [0.25, 0.3) is 0 Å². The van der Waals surface area contributed by atoms with Crippen LogP contribution in [0, 0.1) is 0 Å². The quantitative estimate of drug-likeness (QED) is 0.248. The largest absolute Gasteiger partial charge is 0.461 e. The normalized spacial score (nSPS) is 10.9. The highest BCUT2D eigenvalue weighted by Gasteiger charge is 2.05. The molecule has 0 atom stereocenters. The first-order valence-corrected chi connectivity index (χ1v) is 6.92. The molecule has 0 saturated carbocycles. The number of nitrogens with zero attached hydrogens (tertiary/aromatic N) is 1. The molecular weight excluding hydrogens is 238 g/mol. The van der Waals surface area contributed by atoms with Crippen LogP contribution in [0.15, 0.2) is 37.0 Å². The Morgan fingerprint density at radius 3 is 2.63 bits per heavy atom. The van der Waals surface area contributed by atoms with Crippen LogP contribution >= 0.6 is 0 Å². The van der Waals surface area contributed by atoms with Crippen molar-refractivity contribution >= 4 is 5.97 Å². The van der Waals surface area contributed by atoms with E-state index in [0.29, 0.717) is 12.2 Å². The Hall–Kier alpha value is -1.35. The Morgan fingerprint density at radius 2 is 2.05 bits per heavy atom. The molecule has 0 aromatic rings. The summed E-state index contributed by atoms with van der Waals surface area (Å²) >= 11 is 0. The molecule has 3 heteroatoms. The molecule has 0 fully saturated rings. The van der Waals surface area contributed by atoms with E-state index < -0.39 is 0 Å². The van der Waals surface area contributed by atoms with Gasteiger partial charge in [0.25, 0.3) is 0 Å². The summed E-state index contributed by atoms with van der Waals surface area (Å²) in [6.45, 7) is 14.2. The monoisotopic (exact) mass is 265 g/mol. The van der Waals surface area contributed by atoms with Gasteiger partial charge in [0, 0.05) is 12.1 Å². The summed E-state index contributed by atoms with van der Waals surface area (Å²) in [7, 11) is 0. The lowest BCUT2D eigenvalue weighted by atomic mass is 10.2. The Bertz CT molecular complexity index is 308. The Labute approximate surface area is 117 Å². The fourth-order valence-corrected chi connectivity index (χ4v) is 1.56. The summed E-state index contributed by atoms with van der Waals surface area (Å²) < 4.78 is 5.09. The number of rotatable bonds is 11. The molecule has 0 spiro atoms. The van der Waals surface area contributed by atoms with Crippen molar-refractivity contribution < 1.29 is 9.53 Å². The van der Waals surface area contributed by atoms with Gasteiger partial charge in [0.2, 0.25) is 0 Å². The van der Waals surface area contributed by atoms with Gasteiger partial charge >= 0.3 is 5.97 Å². The zero-order valence-corrected chi connectivity index (χ0v) is 12.4. The van der Waals surface area contributed by atoms with Crippen LogP contribution in [-0.2, 0) is 9.53 Å². The topological polar surface area (TPSA) is 29.5 Å². The molecule has 0 radical (unpaired) electrons. The second kappa shape index (κ2) is 11.7. The van der Waals surface area contributed by atoms with Gasteiger partial charge in [-0.25, -0.2) is 4.79 Å². The number of likely N-dealkylation sites (N-methyl/N-ethyl adjacent to an activating group) is 1. The molecule has 0 N–H and O–H groups in total. The average Bonchev–Trinajstić information content (AvgIpc) is 2.40. The SMILES string of the molecule is C=CCC=CCCCN(CC)CCOC(=O)C(=C)C. The average molecular weight is 265 g/mol. The maximum Gasteiger partial charge on any atom is 0.333 e. The van der Waals surface area contributed by atoms with Crippen molar-refractivity contribution in [3.8, 4) is 0 Å². The van der Waals surface area contributed by atoms with E-state index in [-0.39, 0.29) is 5.97 Å². The summed E-state index contributed by atoms with van der Waals surface area (Å²) in [5.74, 6) is -0.302. The highest BCUT2D eigenvalue weighted by atomic mass is 16.5. The smallest absolute Gasteiger partial charge is 0.333 e. The lowest BCUT2D eigenvalue weighted by molar-refractivity contribution is -0.139. The lowest BCUT2D eigenvalue weighted by Crippen LogP contribution is -2.29. The van der Waals surface area contributed by atoms with Gasteiger partial charge in [-0.3, -0.25) is 0 Å². The number of ether oxygens (including phenoxy) is 1. The third-order valence-electron chi connectivity index (χ3n) is 2.75. The van der Waals surface area contributed by atoms with Gasteiger partial charge in [-0.2, -0.15) is 0 Å². The van der Waals surface area contributed by atoms with Crippen molar-refractivity contribution in [2.24, 2.45) is 0 Å². The van der Waals surface area contributed by atoms with Gasteiger partial charge in [0.1, 0.15) is 6.61 Å². The number of esters is 1. The minimum Gasteiger partial charge on any atom is -0.461 e. The van der Waals surface area contributed by atoms with Crippen LogP contribution in [0.2, 0.25) is 0 Å². The third kappa shape index (κ3) is 10.3. The van der Waals surface area contributed by atoms with Crippen molar-refractivity contribution in [3.63, 3.8) is 0 Å². The summed E-state index contributed by atoms with van der Waals surface area (Å²) in [6.07, 6.45) is 9.36. The van der Waals surface area contributed by atoms with E-state index in [2.05, 4.69) is 37.1 Å². The molecule has 0 heterocycles. The highest BCUT2D eigenvalue weighted by molar-refractivity contribution is 5.86. The maximum atomic E-state index is 11.2. The van der Waals surface area contributed by atoms with E-state index >= 15 is 0 Å². The zero-order chi connectivity index (χ0) is 14.5. The molecule has 0 amide bonds. The van der Waals surface area contributed by atoms with Gasteiger partial charge in [0.15, 0.2) is 0 Å². The van der Waals surface area contributed by atoms with Crippen LogP contribution < -0.4 is 0 Å². The van der Waals surface area contributed by atoms with E-state index in [9.17, 15) is 4.79 Å². The fraction of sp³-hybridized carbons (Fsp3) is 0.562. The molecule has 0 aliphatic heterocycles. The van der Waals surface area contributed by atoms with Crippen LogP contribution in [0.5, 0.6) is 0 Å². The number of unbranched alkanes of at least 4 members (excludes halogenated alkanes) is 1. The maximum absolute atomic E-state index is 11.2. The van der Waals surface area contributed by atoms with Crippen molar-refractivity contribution in [2.45, 2.75) is 33.1 Å². The molecule has 0 aromatic carbocycles. The van der Waals surface area contributed by atoms with E-state index in [0.717, 1.165) is 38.9 Å². The first-order chi connectivity index (χ1) is 9.11. The fourth-order valence-electron chi connectivity index (χ4n) is 1.56.